The zero-order chi connectivity index (χ0) is 29.5. The second kappa shape index (κ2) is 13.7. The van der Waals surface area contributed by atoms with Crippen LogP contribution in [0.4, 0.5) is 0 Å². The lowest BCUT2D eigenvalue weighted by molar-refractivity contribution is -0.130. The third-order valence-electron chi connectivity index (χ3n) is 6.65. The molecule has 5 rings (SSSR count). The number of hydrazone groups is 1. The normalized spacial score (nSPS) is 14.4. The first-order valence-corrected chi connectivity index (χ1v) is 14.9. The van der Waals surface area contributed by atoms with Crippen molar-refractivity contribution in [3.8, 4) is 11.5 Å². The smallest absolute Gasteiger partial charge is 0.258 e. The molecule has 0 spiro atoms. The number of benzene rings is 3. The van der Waals surface area contributed by atoms with Crippen molar-refractivity contribution in [2.45, 2.75) is 24.2 Å². The molecule has 10 nitrogen and oxygen atoms in total. The minimum atomic E-state index is -0.274. The number of nitrogens with one attached hydrogen (secondary N) is 1. The number of hydrogen-bond donors (Lipinski definition) is 1. The van der Waals surface area contributed by atoms with E-state index in [1.54, 1.807) is 35.9 Å². The van der Waals surface area contributed by atoms with E-state index in [0.717, 1.165) is 27.1 Å². The lowest BCUT2D eigenvalue weighted by Crippen LogP contribution is -2.29. The number of amides is 2. The molecule has 0 bridgehead atoms. The Morgan fingerprint density at radius 3 is 2.45 bits per heavy atom. The first-order valence-electron chi connectivity index (χ1n) is 13.2. The van der Waals surface area contributed by atoms with Gasteiger partial charge in [-0.05, 0) is 47.5 Å². The maximum Gasteiger partial charge on any atom is 0.258 e. The van der Waals surface area contributed by atoms with Gasteiger partial charge in [-0.2, -0.15) is 5.10 Å². The van der Waals surface area contributed by atoms with Crippen molar-refractivity contribution in [2.24, 2.45) is 12.1 Å². The quantitative estimate of drug-likeness (QED) is 0.234. The van der Waals surface area contributed by atoms with Crippen molar-refractivity contribution in [3.63, 3.8) is 0 Å². The third kappa shape index (κ3) is 7.18. The van der Waals surface area contributed by atoms with Crippen molar-refractivity contribution in [1.29, 1.82) is 0 Å². The van der Waals surface area contributed by atoms with Crippen LogP contribution in [0.15, 0.2) is 93.6 Å². The van der Waals surface area contributed by atoms with Gasteiger partial charge in [-0.3, -0.25) is 9.59 Å². The van der Waals surface area contributed by atoms with Crippen LogP contribution < -0.4 is 14.8 Å². The fourth-order valence-corrected chi connectivity index (χ4v) is 5.40. The van der Waals surface area contributed by atoms with Gasteiger partial charge in [0.15, 0.2) is 17.6 Å². The summed E-state index contributed by atoms with van der Waals surface area (Å²) in [6.45, 7) is 0.0768. The molecule has 0 radical (unpaired) electrons. The Hall–Kier alpha value is -4.16. The third-order valence-corrected chi connectivity index (χ3v) is 8.18. The molecule has 0 unspecified atom stereocenters. The molecule has 2 heterocycles. The van der Waals surface area contributed by atoms with E-state index in [4.69, 9.17) is 14.6 Å². The Balaban J connectivity index is 1.22. The standard InChI is InChI=1S/C30H29BrN6O4S/c1-36-27(17-32-28(38)18-41-24-6-4-3-5-7-24)33-34-30(36)42-19-29(39)37-26(21-10-14-23(40-2)15-11-21)16-25(35-37)20-8-12-22(31)13-9-20/h3-15,26H,16-19H2,1-2H3,(H,32,38)/t26-/m1/s1. The second-order valence-electron chi connectivity index (χ2n) is 9.41. The van der Waals surface area contributed by atoms with Crippen molar-refractivity contribution >= 4 is 45.2 Å². The Bertz CT molecular complexity index is 1560. The summed E-state index contributed by atoms with van der Waals surface area (Å²) in [5.74, 6) is 1.62. The molecule has 0 saturated heterocycles. The molecule has 4 aromatic rings. The number of thioether (sulfide) groups is 1. The predicted molar refractivity (Wildman–Crippen MR) is 163 cm³/mol. The molecule has 1 aliphatic rings. The molecule has 0 aliphatic carbocycles. The first kappa shape index (κ1) is 29.3. The summed E-state index contributed by atoms with van der Waals surface area (Å²) in [7, 11) is 3.42. The van der Waals surface area contributed by atoms with Crippen molar-refractivity contribution in [2.75, 3.05) is 19.5 Å². The maximum absolute atomic E-state index is 13.5. The van der Waals surface area contributed by atoms with Gasteiger partial charge >= 0.3 is 0 Å². The van der Waals surface area contributed by atoms with Crippen LogP contribution in [0.2, 0.25) is 0 Å². The molecular weight excluding hydrogens is 620 g/mol. The van der Waals surface area contributed by atoms with E-state index in [1.807, 2.05) is 66.7 Å². The monoisotopic (exact) mass is 648 g/mol. The molecule has 12 heteroatoms. The van der Waals surface area contributed by atoms with E-state index in [0.29, 0.717) is 23.2 Å². The number of hydrogen-bond acceptors (Lipinski definition) is 8. The second-order valence-corrected chi connectivity index (χ2v) is 11.3. The summed E-state index contributed by atoms with van der Waals surface area (Å²) in [6.07, 6.45) is 0.589. The van der Waals surface area contributed by atoms with Crippen molar-refractivity contribution in [3.05, 3.63) is 100 Å². The molecule has 1 atom stereocenters. The van der Waals surface area contributed by atoms with Gasteiger partial charge in [-0.25, -0.2) is 5.01 Å². The Morgan fingerprint density at radius 1 is 1.00 bits per heavy atom. The topological polar surface area (TPSA) is 111 Å². The number of para-hydroxylation sites is 1. The zero-order valence-corrected chi connectivity index (χ0v) is 25.5. The number of methoxy groups -OCH3 is 1. The van der Waals surface area contributed by atoms with Crippen molar-refractivity contribution in [1.82, 2.24) is 25.1 Å². The average molecular weight is 650 g/mol. The molecule has 2 amide bonds. The summed E-state index contributed by atoms with van der Waals surface area (Å²) in [6, 6.07) is 24.5. The van der Waals surface area contributed by atoms with Crippen LogP contribution in [0, 0.1) is 0 Å². The van der Waals surface area contributed by atoms with Crippen LogP contribution in [-0.2, 0) is 23.2 Å². The summed E-state index contributed by atoms with van der Waals surface area (Å²) in [5, 5.41) is 18.1. The number of nitrogens with zero attached hydrogens (tertiary/aromatic N) is 5. The summed E-state index contributed by atoms with van der Waals surface area (Å²) in [5.41, 5.74) is 2.78. The molecule has 1 N–H and O–H groups in total. The number of carbonyl (C=O) groups is 2. The van der Waals surface area contributed by atoms with Gasteiger partial charge in [0.05, 0.1) is 31.2 Å². The van der Waals surface area contributed by atoms with Crippen molar-refractivity contribution < 1.29 is 19.1 Å². The molecule has 0 fully saturated rings. The number of halogens is 1. The van der Waals surface area contributed by atoms with Crippen LogP contribution in [0.3, 0.4) is 0 Å². The highest BCUT2D eigenvalue weighted by molar-refractivity contribution is 9.10. The van der Waals surface area contributed by atoms with Gasteiger partial charge in [0.1, 0.15) is 11.5 Å². The van der Waals surface area contributed by atoms with Gasteiger partial charge in [0, 0.05) is 17.9 Å². The molecule has 3 aromatic carbocycles. The fourth-order valence-electron chi connectivity index (χ4n) is 4.35. The van der Waals surface area contributed by atoms with E-state index in [1.165, 1.54) is 11.8 Å². The largest absolute Gasteiger partial charge is 0.497 e. The first-order chi connectivity index (χ1) is 20.4. The van der Waals surface area contributed by atoms with Crippen LogP contribution in [0.25, 0.3) is 0 Å². The maximum atomic E-state index is 13.5. The lowest BCUT2D eigenvalue weighted by Gasteiger charge is -2.22. The lowest BCUT2D eigenvalue weighted by atomic mass is 9.98. The minimum absolute atomic E-state index is 0.105. The number of ether oxygens (including phenoxy) is 2. The molecule has 0 saturated carbocycles. The highest BCUT2D eigenvalue weighted by Crippen LogP contribution is 2.34. The molecule has 1 aromatic heterocycles. The highest BCUT2D eigenvalue weighted by atomic mass is 79.9. The summed E-state index contributed by atoms with van der Waals surface area (Å²) >= 11 is 4.75. The van der Waals surface area contributed by atoms with Gasteiger partial charge in [0.25, 0.3) is 11.8 Å². The molecule has 42 heavy (non-hydrogen) atoms. The number of carbonyl (C=O) groups excluding carboxylic acids is 2. The number of rotatable bonds is 11. The Labute approximate surface area is 256 Å². The minimum Gasteiger partial charge on any atom is -0.497 e. The van der Waals surface area contributed by atoms with E-state index < -0.39 is 0 Å². The molecule has 216 valence electrons. The van der Waals surface area contributed by atoms with E-state index in [2.05, 4.69) is 31.4 Å². The predicted octanol–water partition coefficient (Wildman–Crippen LogP) is 4.75. The van der Waals surface area contributed by atoms with Crippen LogP contribution in [0.5, 0.6) is 11.5 Å². The van der Waals surface area contributed by atoms with E-state index >= 15 is 0 Å². The van der Waals surface area contributed by atoms with Crippen LogP contribution >= 0.6 is 27.7 Å². The van der Waals surface area contributed by atoms with E-state index in [9.17, 15) is 9.59 Å². The summed E-state index contributed by atoms with van der Waals surface area (Å²) < 4.78 is 13.5. The summed E-state index contributed by atoms with van der Waals surface area (Å²) in [4.78, 5) is 25.7. The Kier molecular flexibility index (Phi) is 9.55. The molecular formula is C30H29BrN6O4S. The molecule has 1 aliphatic heterocycles. The number of aromatic nitrogens is 3. The van der Waals surface area contributed by atoms with Crippen LogP contribution in [0.1, 0.15) is 29.4 Å². The highest BCUT2D eigenvalue weighted by Gasteiger charge is 2.33. The van der Waals surface area contributed by atoms with Gasteiger partial charge in [-0.15, -0.1) is 10.2 Å². The van der Waals surface area contributed by atoms with Gasteiger partial charge < -0.3 is 19.4 Å². The average Bonchev–Trinajstić information content (AvgIpc) is 3.62. The Morgan fingerprint density at radius 2 is 1.74 bits per heavy atom. The van der Waals surface area contributed by atoms with Gasteiger partial charge in [-0.1, -0.05) is 70.2 Å². The van der Waals surface area contributed by atoms with Gasteiger partial charge in [0.2, 0.25) is 0 Å². The van der Waals surface area contributed by atoms with E-state index in [-0.39, 0.29) is 36.8 Å². The zero-order valence-electron chi connectivity index (χ0n) is 23.1. The van der Waals surface area contributed by atoms with Crippen LogP contribution in [-0.4, -0.2) is 56.8 Å². The fraction of sp³-hybridized carbons (Fsp3) is 0.233. The SMILES string of the molecule is COc1ccc([C@H]2CC(c3ccc(Br)cc3)=NN2C(=O)CSc2nnc(CNC(=O)COc3ccccc3)n2C)cc1.